The molecule has 0 aliphatic rings. The molecule has 94 valence electrons. The Balaban J connectivity index is 2.25. The van der Waals surface area contributed by atoms with Gasteiger partial charge in [-0.05, 0) is 32.0 Å². The molecule has 2 aromatic rings. The van der Waals surface area contributed by atoms with Gasteiger partial charge in [0.05, 0.1) is 17.1 Å². The lowest BCUT2D eigenvalue weighted by atomic mass is 10.2. The first-order chi connectivity index (χ1) is 8.49. The molecule has 1 aromatic carbocycles. The summed E-state index contributed by atoms with van der Waals surface area (Å²) >= 11 is 0. The number of hydrogen-bond acceptors (Lipinski definition) is 4. The molecular weight excluding hydrogens is 234 g/mol. The van der Waals surface area contributed by atoms with Crippen LogP contribution in [0.2, 0.25) is 0 Å². The van der Waals surface area contributed by atoms with E-state index in [4.69, 9.17) is 0 Å². The zero-order chi connectivity index (χ0) is 13.3. The number of aromatic nitrogens is 2. The molecule has 4 N–H and O–H groups in total. The molecule has 0 atom stereocenters. The van der Waals surface area contributed by atoms with Gasteiger partial charge in [-0.1, -0.05) is 0 Å². The van der Waals surface area contributed by atoms with Crippen LogP contribution in [-0.2, 0) is 0 Å². The van der Waals surface area contributed by atoms with Crippen molar-refractivity contribution >= 4 is 11.6 Å². The number of carbonyl (C=O) groups is 1. The minimum atomic E-state index is -0.377. The second kappa shape index (κ2) is 4.40. The van der Waals surface area contributed by atoms with Gasteiger partial charge in [0.25, 0.3) is 5.91 Å². The van der Waals surface area contributed by atoms with E-state index in [1.165, 1.54) is 18.2 Å². The van der Waals surface area contributed by atoms with Gasteiger partial charge in [-0.2, -0.15) is 5.10 Å². The van der Waals surface area contributed by atoms with Crippen LogP contribution in [0.1, 0.15) is 21.7 Å². The van der Waals surface area contributed by atoms with Gasteiger partial charge in [0, 0.05) is 5.56 Å². The number of benzene rings is 1. The molecule has 1 heterocycles. The smallest absolute Gasteiger partial charge is 0.255 e. The molecule has 6 nitrogen and oxygen atoms in total. The Bertz CT molecular complexity index is 585. The minimum absolute atomic E-state index is 0.255. The number of amides is 1. The van der Waals surface area contributed by atoms with Crippen molar-refractivity contribution in [3.05, 3.63) is 35.2 Å². The van der Waals surface area contributed by atoms with E-state index in [1.807, 2.05) is 0 Å². The summed E-state index contributed by atoms with van der Waals surface area (Å²) < 4.78 is 0. The van der Waals surface area contributed by atoms with Gasteiger partial charge in [0.1, 0.15) is 0 Å². The van der Waals surface area contributed by atoms with Gasteiger partial charge in [-0.15, -0.1) is 0 Å². The average Bonchev–Trinajstić information content (AvgIpc) is 2.64. The number of aromatic hydroxyl groups is 2. The molecule has 0 radical (unpaired) electrons. The molecule has 0 saturated heterocycles. The van der Waals surface area contributed by atoms with E-state index in [1.54, 1.807) is 13.8 Å². The van der Waals surface area contributed by atoms with E-state index in [0.717, 1.165) is 5.69 Å². The summed E-state index contributed by atoms with van der Waals surface area (Å²) in [4.78, 5) is 11.9. The SMILES string of the molecule is Cc1n[nH]c(C)c1NC(=O)c1ccc(O)c(O)c1. The molecular formula is C12H13N3O3. The minimum Gasteiger partial charge on any atom is -0.504 e. The number of nitrogens with one attached hydrogen (secondary N) is 2. The Morgan fingerprint density at radius 3 is 2.56 bits per heavy atom. The number of aromatic amines is 1. The number of H-pyrrole nitrogens is 1. The van der Waals surface area contributed by atoms with Crippen molar-refractivity contribution in [1.29, 1.82) is 0 Å². The maximum Gasteiger partial charge on any atom is 0.255 e. The molecule has 0 fully saturated rings. The van der Waals surface area contributed by atoms with Crippen LogP contribution < -0.4 is 5.32 Å². The lowest BCUT2D eigenvalue weighted by molar-refractivity contribution is 0.102. The fourth-order valence-corrected chi connectivity index (χ4v) is 1.59. The van der Waals surface area contributed by atoms with E-state index in [9.17, 15) is 15.0 Å². The monoisotopic (exact) mass is 247 g/mol. The van der Waals surface area contributed by atoms with Gasteiger partial charge in [0.15, 0.2) is 11.5 Å². The predicted molar refractivity (Wildman–Crippen MR) is 65.8 cm³/mol. The van der Waals surface area contributed by atoms with Crippen LogP contribution in [0.15, 0.2) is 18.2 Å². The van der Waals surface area contributed by atoms with Crippen LogP contribution in [0, 0.1) is 13.8 Å². The van der Waals surface area contributed by atoms with E-state index in [-0.39, 0.29) is 23.0 Å². The van der Waals surface area contributed by atoms with Gasteiger partial charge in [-0.3, -0.25) is 9.89 Å². The number of anilines is 1. The number of phenols is 2. The Labute approximate surface area is 103 Å². The third kappa shape index (κ3) is 2.13. The highest BCUT2D eigenvalue weighted by atomic mass is 16.3. The standard InChI is InChI=1S/C12H13N3O3/c1-6-11(7(2)15-14-6)13-12(18)8-3-4-9(16)10(17)5-8/h3-5,16-17H,1-2H3,(H,13,18)(H,14,15). The van der Waals surface area contributed by atoms with Crippen molar-refractivity contribution in [3.63, 3.8) is 0 Å². The van der Waals surface area contributed by atoms with Crippen molar-refractivity contribution in [2.75, 3.05) is 5.32 Å². The van der Waals surface area contributed by atoms with Crippen molar-refractivity contribution in [1.82, 2.24) is 10.2 Å². The van der Waals surface area contributed by atoms with Crippen molar-refractivity contribution in [2.24, 2.45) is 0 Å². The molecule has 18 heavy (non-hydrogen) atoms. The Kier molecular flexibility index (Phi) is 2.93. The molecule has 6 heteroatoms. The first-order valence-electron chi connectivity index (χ1n) is 5.34. The predicted octanol–water partition coefficient (Wildman–Crippen LogP) is 1.69. The Hall–Kier alpha value is -2.50. The third-order valence-electron chi connectivity index (χ3n) is 2.60. The first-order valence-corrected chi connectivity index (χ1v) is 5.34. The van der Waals surface area contributed by atoms with Gasteiger partial charge >= 0.3 is 0 Å². The average molecular weight is 247 g/mol. The summed E-state index contributed by atoms with van der Waals surface area (Å²) in [6.07, 6.45) is 0. The summed E-state index contributed by atoms with van der Waals surface area (Å²) in [6, 6.07) is 3.89. The second-order valence-electron chi connectivity index (χ2n) is 3.97. The zero-order valence-corrected chi connectivity index (χ0v) is 9.98. The lowest BCUT2D eigenvalue weighted by Crippen LogP contribution is -2.12. The Morgan fingerprint density at radius 1 is 1.28 bits per heavy atom. The number of phenolic OH excluding ortho intramolecular Hbond substituents is 2. The maximum absolute atomic E-state index is 11.9. The topological polar surface area (TPSA) is 98.2 Å². The molecule has 2 rings (SSSR count). The van der Waals surface area contributed by atoms with Gasteiger partial charge in [0.2, 0.25) is 0 Å². The summed E-state index contributed by atoms with van der Waals surface area (Å²) in [5.41, 5.74) is 2.31. The number of aryl methyl sites for hydroxylation is 2. The molecule has 0 bridgehead atoms. The van der Waals surface area contributed by atoms with E-state index < -0.39 is 0 Å². The second-order valence-corrected chi connectivity index (χ2v) is 3.97. The first kappa shape index (κ1) is 12.0. The Morgan fingerprint density at radius 2 is 2.00 bits per heavy atom. The lowest BCUT2D eigenvalue weighted by Gasteiger charge is -2.06. The molecule has 0 aliphatic heterocycles. The van der Waals surface area contributed by atoms with Crippen LogP contribution in [0.25, 0.3) is 0 Å². The highest BCUT2D eigenvalue weighted by molar-refractivity contribution is 6.05. The van der Waals surface area contributed by atoms with Gasteiger partial charge < -0.3 is 15.5 Å². The van der Waals surface area contributed by atoms with Gasteiger partial charge in [-0.25, -0.2) is 0 Å². The van der Waals surface area contributed by atoms with Crippen LogP contribution >= 0.6 is 0 Å². The fourth-order valence-electron chi connectivity index (χ4n) is 1.59. The molecule has 1 amide bonds. The number of rotatable bonds is 2. The van der Waals surface area contributed by atoms with E-state index >= 15 is 0 Å². The van der Waals surface area contributed by atoms with Crippen LogP contribution in [0.4, 0.5) is 5.69 Å². The molecule has 1 aromatic heterocycles. The number of carbonyl (C=O) groups excluding carboxylic acids is 1. The van der Waals surface area contributed by atoms with Crippen LogP contribution in [0.5, 0.6) is 11.5 Å². The largest absolute Gasteiger partial charge is 0.504 e. The fraction of sp³-hybridized carbons (Fsp3) is 0.167. The highest BCUT2D eigenvalue weighted by Crippen LogP contribution is 2.25. The number of hydrogen-bond donors (Lipinski definition) is 4. The zero-order valence-electron chi connectivity index (χ0n) is 9.98. The highest BCUT2D eigenvalue weighted by Gasteiger charge is 2.13. The summed E-state index contributed by atoms with van der Waals surface area (Å²) in [7, 11) is 0. The van der Waals surface area contributed by atoms with E-state index in [0.29, 0.717) is 11.4 Å². The van der Waals surface area contributed by atoms with Crippen molar-refractivity contribution < 1.29 is 15.0 Å². The van der Waals surface area contributed by atoms with Crippen LogP contribution in [0.3, 0.4) is 0 Å². The summed E-state index contributed by atoms with van der Waals surface area (Å²) in [6.45, 7) is 3.57. The summed E-state index contributed by atoms with van der Waals surface area (Å²) in [5, 5.41) is 27.9. The van der Waals surface area contributed by atoms with Crippen molar-refractivity contribution in [3.8, 4) is 11.5 Å². The summed E-state index contributed by atoms with van der Waals surface area (Å²) in [5.74, 6) is -0.969. The quantitative estimate of drug-likeness (QED) is 0.607. The molecule has 0 aliphatic carbocycles. The van der Waals surface area contributed by atoms with Crippen LogP contribution in [-0.4, -0.2) is 26.3 Å². The van der Waals surface area contributed by atoms with E-state index in [2.05, 4.69) is 15.5 Å². The van der Waals surface area contributed by atoms with Crippen molar-refractivity contribution in [2.45, 2.75) is 13.8 Å². The molecule has 0 spiro atoms. The molecule has 0 saturated carbocycles. The molecule has 0 unspecified atom stereocenters. The normalized spacial score (nSPS) is 10.3. The number of nitrogens with zero attached hydrogens (tertiary/aromatic N) is 1. The third-order valence-corrected chi connectivity index (χ3v) is 2.60. The maximum atomic E-state index is 11.9.